The van der Waals surface area contributed by atoms with E-state index in [-0.39, 0.29) is 12.4 Å². The lowest BCUT2D eigenvalue weighted by Gasteiger charge is -2.28. The number of aromatic nitrogens is 2. The minimum Gasteiger partial charge on any atom is -0.378 e. The summed E-state index contributed by atoms with van der Waals surface area (Å²) >= 11 is 0. The van der Waals surface area contributed by atoms with Crippen molar-refractivity contribution in [3.05, 3.63) is 47.4 Å². The molecule has 2 heterocycles. The molecular formula is C16H18F2N4O3S. The van der Waals surface area contributed by atoms with Crippen molar-refractivity contribution in [2.24, 2.45) is 0 Å². The Hall–Kier alpha value is -2.17. The number of sulfonamides is 1. The SMILES string of the molecule is Cc1cc(N2CCOCC2)nc(CNS(=O)(=O)c2ccc(F)cc2F)n1. The summed E-state index contributed by atoms with van der Waals surface area (Å²) in [4.78, 5) is 9.98. The van der Waals surface area contributed by atoms with Crippen molar-refractivity contribution in [1.29, 1.82) is 0 Å². The number of hydrogen-bond donors (Lipinski definition) is 1. The zero-order valence-electron chi connectivity index (χ0n) is 14.1. The maximum atomic E-state index is 13.7. The minimum atomic E-state index is -4.16. The molecule has 0 unspecified atom stereocenters. The fourth-order valence-corrected chi connectivity index (χ4v) is 3.61. The molecule has 0 bridgehead atoms. The van der Waals surface area contributed by atoms with Crippen LogP contribution in [0, 0.1) is 18.6 Å². The molecule has 0 amide bonds. The van der Waals surface area contributed by atoms with Gasteiger partial charge in [0.05, 0.1) is 19.8 Å². The van der Waals surface area contributed by atoms with Gasteiger partial charge in [-0.15, -0.1) is 0 Å². The highest BCUT2D eigenvalue weighted by Crippen LogP contribution is 2.17. The monoisotopic (exact) mass is 384 g/mol. The topological polar surface area (TPSA) is 84.4 Å². The Morgan fingerprint density at radius 3 is 2.62 bits per heavy atom. The van der Waals surface area contributed by atoms with Crippen LogP contribution in [0.15, 0.2) is 29.2 Å². The molecule has 7 nitrogen and oxygen atoms in total. The maximum Gasteiger partial charge on any atom is 0.243 e. The van der Waals surface area contributed by atoms with Crippen LogP contribution < -0.4 is 9.62 Å². The zero-order chi connectivity index (χ0) is 18.7. The lowest BCUT2D eigenvalue weighted by Crippen LogP contribution is -2.37. The third kappa shape index (κ3) is 4.32. The Balaban J connectivity index is 1.77. The number of ether oxygens (including phenoxy) is 1. The van der Waals surface area contributed by atoms with Crippen molar-refractivity contribution in [2.75, 3.05) is 31.2 Å². The van der Waals surface area contributed by atoms with Gasteiger partial charge in [-0.2, -0.15) is 0 Å². The van der Waals surface area contributed by atoms with Gasteiger partial charge in [-0.25, -0.2) is 31.9 Å². The minimum absolute atomic E-state index is 0.210. The first kappa shape index (κ1) is 18.6. The van der Waals surface area contributed by atoms with E-state index in [9.17, 15) is 17.2 Å². The van der Waals surface area contributed by atoms with Crippen LogP contribution in [0.1, 0.15) is 11.5 Å². The largest absolute Gasteiger partial charge is 0.378 e. The van der Waals surface area contributed by atoms with E-state index in [0.717, 1.165) is 12.1 Å². The number of morpholine rings is 1. The van der Waals surface area contributed by atoms with Gasteiger partial charge in [0.25, 0.3) is 0 Å². The Kier molecular flexibility index (Phi) is 5.44. The van der Waals surface area contributed by atoms with Gasteiger partial charge in [-0.1, -0.05) is 0 Å². The van der Waals surface area contributed by atoms with Gasteiger partial charge in [0.2, 0.25) is 10.0 Å². The van der Waals surface area contributed by atoms with Crippen LogP contribution in [0.3, 0.4) is 0 Å². The Morgan fingerprint density at radius 1 is 1.19 bits per heavy atom. The molecular weight excluding hydrogens is 366 g/mol. The summed E-state index contributed by atoms with van der Waals surface area (Å²) in [6.07, 6.45) is 0. The second kappa shape index (κ2) is 7.60. The summed E-state index contributed by atoms with van der Waals surface area (Å²) in [5, 5.41) is 0. The Morgan fingerprint density at radius 2 is 1.92 bits per heavy atom. The molecule has 0 spiro atoms. The Bertz CT molecular complexity index is 902. The third-order valence-electron chi connectivity index (χ3n) is 3.83. The highest BCUT2D eigenvalue weighted by Gasteiger charge is 2.20. The number of halogens is 2. The average Bonchev–Trinajstić information content (AvgIpc) is 2.60. The van der Waals surface area contributed by atoms with Crippen LogP contribution in [0.5, 0.6) is 0 Å². The molecule has 1 aliphatic rings. The molecule has 3 rings (SSSR count). The fraction of sp³-hybridized carbons (Fsp3) is 0.375. The number of hydrogen-bond acceptors (Lipinski definition) is 6. The van der Waals surface area contributed by atoms with Crippen molar-refractivity contribution in [2.45, 2.75) is 18.4 Å². The quantitative estimate of drug-likeness (QED) is 0.839. The van der Waals surface area contributed by atoms with Gasteiger partial charge in [-0.3, -0.25) is 0 Å². The van der Waals surface area contributed by atoms with Crippen LogP contribution in [0.4, 0.5) is 14.6 Å². The summed E-state index contributed by atoms with van der Waals surface area (Å²) in [6, 6.07) is 4.10. The number of nitrogens with one attached hydrogen (secondary N) is 1. The number of aryl methyl sites for hydroxylation is 1. The molecule has 26 heavy (non-hydrogen) atoms. The van der Waals surface area contributed by atoms with Gasteiger partial charge >= 0.3 is 0 Å². The van der Waals surface area contributed by atoms with Crippen molar-refractivity contribution in [3.63, 3.8) is 0 Å². The molecule has 1 fully saturated rings. The lowest BCUT2D eigenvalue weighted by molar-refractivity contribution is 0.122. The van der Waals surface area contributed by atoms with Gasteiger partial charge in [0.15, 0.2) is 0 Å². The summed E-state index contributed by atoms with van der Waals surface area (Å²) in [7, 11) is -4.16. The highest BCUT2D eigenvalue weighted by molar-refractivity contribution is 7.89. The molecule has 1 aromatic carbocycles. The van der Waals surface area contributed by atoms with E-state index in [2.05, 4.69) is 14.7 Å². The van der Waals surface area contributed by atoms with Crippen molar-refractivity contribution < 1.29 is 21.9 Å². The van der Waals surface area contributed by atoms with E-state index < -0.39 is 26.6 Å². The Labute approximate surface area is 150 Å². The maximum absolute atomic E-state index is 13.7. The summed E-state index contributed by atoms with van der Waals surface area (Å²) in [6.45, 7) is 4.12. The van der Waals surface area contributed by atoms with Crippen LogP contribution in [-0.2, 0) is 21.3 Å². The van der Waals surface area contributed by atoms with Crippen LogP contribution in [-0.4, -0.2) is 44.7 Å². The van der Waals surface area contributed by atoms with Gasteiger partial charge in [0.1, 0.15) is 28.2 Å². The summed E-state index contributed by atoms with van der Waals surface area (Å²) in [5.41, 5.74) is 0.684. The first-order valence-electron chi connectivity index (χ1n) is 7.97. The predicted octanol–water partition coefficient (Wildman–Crippen LogP) is 1.38. The molecule has 0 atom stereocenters. The first-order valence-corrected chi connectivity index (χ1v) is 9.45. The number of anilines is 1. The summed E-state index contributed by atoms with van der Waals surface area (Å²) < 4.78 is 58.8. The van der Waals surface area contributed by atoms with E-state index in [1.54, 1.807) is 6.92 Å². The second-order valence-electron chi connectivity index (χ2n) is 5.78. The van der Waals surface area contributed by atoms with Crippen molar-refractivity contribution in [1.82, 2.24) is 14.7 Å². The van der Waals surface area contributed by atoms with Crippen LogP contribution in [0.25, 0.3) is 0 Å². The van der Waals surface area contributed by atoms with Gasteiger partial charge in [-0.05, 0) is 19.1 Å². The molecule has 1 N–H and O–H groups in total. The molecule has 2 aromatic rings. The molecule has 0 aliphatic carbocycles. The molecule has 1 saturated heterocycles. The third-order valence-corrected chi connectivity index (χ3v) is 5.26. The van der Waals surface area contributed by atoms with E-state index in [4.69, 9.17) is 4.74 Å². The van der Waals surface area contributed by atoms with Crippen LogP contribution >= 0.6 is 0 Å². The number of rotatable bonds is 5. The van der Waals surface area contributed by atoms with E-state index in [1.165, 1.54) is 0 Å². The second-order valence-corrected chi connectivity index (χ2v) is 7.52. The highest BCUT2D eigenvalue weighted by atomic mass is 32.2. The van der Waals surface area contributed by atoms with E-state index in [0.29, 0.717) is 43.9 Å². The number of nitrogens with zero attached hydrogens (tertiary/aromatic N) is 3. The molecule has 1 aromatic heterocycles. The predicted molar refractivity (Wildman–Crippen MR) is 90.2 cm³/mol. The van der Waals surface area contributed by atoms with Crippen molar-refractivity contribution >= 4 is 15.8 Å². The van der Waals surface area contributed by atoms with Crippen LogP contribution in [0.2, 0.25) is 0 Å². The fourth-order valence-electron chi connectivity index (χ4n) is 2.58. The lowest BCUT2D eigenvalue weighted by atomic mass is 10.3. The molecule has 0 saturated carbocycles. The average molecular weight is 384 g/mol. The normalized spacial score (nSPS) is 15.3. The number of benzene rings is 1. The van der Waals surface area contributed by atoms with E-state index >= 15 is 0 Å². The van der Waals surface area contributed by atoms with Gasteiger partial charge in [0, 0.05) is 30.9 Å². The first-order chi connectivity index (χ1) is 12.3. The van der Waals surface area contributed by atoms with Gasteiger partial charge < -0.3 is 9.64 Å². The smallest absolute Gasteiger partial charge is 0.243 e. The van der Waals surface area contributed by atoms with Crippen molar-refractivity contribution in [3.8, 4) is 0 Å². The summed E-state index contributed by atoms with van der Waals surface area (Å²) in [5.74, 6) is -1.06. The van der Waals surface area contributed by atoms with E-state index in [1.807, 2.05) is 11.0 Å². The zero-order valence-corrected chi connectivity index (χ0v) is 14.9. The molecule has 1 aliphatic heterocycles. The molecule has 10 heteroatoms. The molecule has 140 valence electrons. The molecule has 0 radical (unpaired) electrons. The standard InChI is InChI=1S/C16H18F2N4O3S/c1-11-8-16(22-4-6-25-7-5-22)21-15(20-11)10-19-26(23,24)14-3-2-12(17)9-13(14)18/h2-3,8-9,19H,4-7,10H2,1H3.